The summed E-state index contributed by atoms with van der Waals surface area (Å²) in [5.41, 5.74) is 1.88. The molecule has 2 rings (SSSR count). The molecule has 0 aromatic carbocycles. The van der Waals surface area contributed by atoms with Crippen molar-refractivity contribution in [1.29, 1.82) is 0 Å². The van der Waals surface area contributed by atoms with Crippen molar-refractivity contribution < 1.29 is 22.7 Å². The van der Waals surface area contributed by atoms with Crippen LogP contribution in [0.5, 0.6) is 0 Å². The van der Waals surface area contributed by atoms with E-state index in [1.54, 1.807) is 11.8 Å². The maximum atomic E-state index is 11.6. The number of rotatable bonds is 7. The molecule has 0 fully saturated rings. The molecule has 0 unspecified atom stereocenters. The second kappa shape index (κ2) is 7.21. The number of aromatic nitrogens is 2. The van der Waals surface area contributed by atoms with E-state index in [1.807, 2.05) is 6.20 Å². The number of amides is 1. The highest BCUT2D eigenvalue weighted by Crippen LogP contribution is 2.25. The zero-order valence-electron chi connectivity index (χ0n) is 12.7. The quantitative estimate of drug-likeness (QED) is 0.709. The Bertz CT molecular complexity index is 626. The molecule has 1 aliphatic heterocycles. The number of methoxy groups -OCH3 is 1. The van der Waals surface area contributed by atoms with Crippen molar-refractivity contribution in [3.05, 3.63) is 17.5 Å². The fraction of sp³-hybridized carbons (Fsp3) is 0.692. The van der Waals surface area contributed by atoms with Crippen molar-refractivity contribution in [2.45, 2.75) is 19.1 Å². The summed E-state index contributed by atoms with van der Waals surface area (Å²) in [7, 11) is -1.70. The minimum atomic E-state index is -3.33. The largest absolute Gasteiger partial charge is 0.383 e. The highest BCUT2D eigenvalue weighted by molar-refractivity contribution is 7.91. The first-order valence-electron chi connectivity index (χ1n) is 7.00. The predicted octanol–water partition coefficient (Wildman–Crippen LogP) is -0.696. The summed E-state index contributed by atoms with van der Waals surface area (Å²) in [6.07, 6.45) is 3.41. The van der Waals surface area contributed by atoms with E-state index in [0.29, 0.717) is 19.8 Å². The molecule has 1 aromatic heterocycles. The first kappa shape index (κ1) is 16.9. The third-order valence-electron chi connectivity index (χ3n) is 3.27. The Labute approximate surface area is 129 Å². The average Bonchev–Trinajstić information content (AvgIpc) is 2.84. The van der Waals surface area contributed by atoms with Gasteiger partial charge in [0.25, 0.3) is 0 Å². The number of nitrogens with zero attached hydrogens (tertiary/aromatic N) is 2. The summed E-state index contributed by atoms with van der Waals surface area (Å²) < 4.78 is 34.6. The van der Waals surface area contributed by atoms with Crippen LogP contribution in [0.1, 0.15) is 17.4 Å². The molecule has 0 radical (unpaired) electrons. The lowest BCUT2D eigenvalue weighted by molar-refractivity contribution is -0.119. The second-order valence-corrected chi connectivity index (χ2v) is 7.42. The molecule has 124 valence electrons. The van der Waals surface area contributed by atoms with Crippen LogP contribution in [-0.4, -0.2) is 63.0 Å². The summed E-state index contributed by atoms with van der Waals surface area (Å²) in [5.74, 6) is -1.05. The molecule has 0 saturated carbocycles. The molecule has 1 aliphatic rings. The number of sulfone groups is 1. The van der Waals surface area contributed by atoms with Crippen LogP contribution in [-0.2, 0) is 37.1 Å². The van der Waals surface area contributed by atoms with Gasteiger partial charge in [0.05, 0.1) is 25.5 Å². The van der Waals surface area contributed by atoms with E-state index in [2.05, 4.69) is 10.4 Å². The number of ether oxygens (including phenoxy) is 2. The monoisotopic (exact) mass is 331 g/mol. The molecular weight excluding hydrogens is 310 g/mol. The van der Waals surface area contributed by atoms with E-state index in [4.69, 9.17) is 9.47 Å². The van der Waals surface area contributed by atoms with E-state index in [-0.39, 0.29) is 12.6 Å². The van der Waals surface area contributed by atoms with E-state index in [1.165, 1.54) is 0 Å². The molecule has 0 saturated heterocycles. The Kier molecular flexibility index (Phi) is 5.54. The van der Waals surface area contributed by atoms with Gasteiger partial charge in [-0.25, -0.2) is 8.42 Å². The molecule has 1 amide bonds. The summed E-state index contributed by atoms with van der Waals surface area (Å²) in [6, 6.07) is 0. The van der Waals surface area contributed by atoms with Gasteiger partial charge in [-0.1, -0.05) is 0 Å². The van der Waals surface area contributed by atoms with Gasteiger partial charge >= 0.3 is 0 Å². The molecule has 1 aromatic rings. The van der Waals surface area contributed by atoms with Gasteiger partial charge in [0, 0.05) is 26.1 Å². The van der Waals surface area contributed by atoms with Gasteiger partial charge in [-0.15, -0.1) is 0 Å². The van der Waals surface area contributed by atoms with Crippen LogP contribution in [0.3, 0.4) is 0 Å². The fourth-order valence-electron chi connectivity index (χ4n) is 2.28. The molecule has 1 atom stereocenters. The highest BCUT2D eigenvalue weighted by Gasteiger charge is 2.25. The van der Waals surface area contributed by atoms with Gasteiger partial charge in [-0.2, -0.15) is 5.10 Å². The van der Waals surface area contributed by atoms with Gasteiger partial charge in [0.1, 0.15) is 11.9 Å². The minimum absolute atomic E-state index is 0.211. The van der Waals surface area contributed by atoms with Crippen LogP contribution in [0.2, 0.25) is 0 Å². The van der Waals surface area contributed by atoms with Gasteiger partial charge in [-0.3, -0.25) is 9.48 Å². The van der Waals surface area contributed by atoms with Gasteiger partial charge in [-0.05, 0) is 12.0 Å². The average molecular weight is 331 g/mol. The lowest BCUT2D eigenvalue weighted by Gasteiger charge is -2.22. The number of carbonyl (C=O) groups excluding carboxylic acids is 1. The Morgan fingerprint density at radius 3 is 3.05 bits per heavy atom. The Morgan fingerprint density at radius 2 is 2.36 bits per heavy atom. The first-order valence-corrected chi connectivity index (χ1v) is 9.06. The number of fused-ring (bicyclic) bond motifs is 1. The SMILES string of the molecule is COCCn1cc2c(n1)[C@H](CNC(=O)CS(C)(=O)=O)OCC2. The predicted molar refractivity (Wildman–Crippen MR) is 79.2 cm³/mol. The molecule has 9 heteroatoms. The maximum Gasteiger partial charge on any atom is 0.235 e. The van der Waals surface area contributed by atoms with Gasteiger partial charge in [0.15, 0.2) is 9.84 Å². The van der Waals surface area contributed by atoms with Crippen molar-refractivity contribution in [2.75, 3.05) is 38.9 Å². The first-order chi connectivity index (χ1) is 10.4. The van der Waals surface area contributed by atoms with Crippen LogP contribution in [0, 0.1) is 0 Å². The zero-order chi connectivity index (χ0) is 16.2. The van der Waals surface area contributed by atoms with Crippen molar-refractivity contribution in [3.63, 3.8) is 0 Å². The third-order valence-corrected chi connectivity index (χ3v) is 4.05. The molecule has 0 bridgehead atoms. The second-order valence-electron chi connectivity index (χ2n) is 5.28. The number of hydrogen-bond donors (Lipinski definition) is 1. The van der Waals surface area contributed by atoms with E-state index in [0.717, 1.165) is 23.9 Å². The molecular formula is C13H21N3O5S. The zero-order valence-corrected chi connectivity index (χ0v) is 13.6. The van der Waals surface area contributed by atoms with E-state index < -0.39 is 21.5 Å². The van der Waals surface area contributed by atoms with Crippen LogP contribution >= 0.6 is 0 Å². The molecule has 22 heavy (non-hydrogen) atoms. The highest BCUT2D eigenvalue weighted by atomic mass is 32.2. The van der Waals surface area contributed by atoms with Crippen molar-refractivity contribution in [2.24, 2.45) is 0 Å². The summed E-state index contributed by atoms with van der Waals surface area (Å²) in [4.78, 5) is 11.6. The van der Waals surface area contributed by atoms with Gasteiger partial charge in [0.2, 0.25) is 5.91 Å². The van der Waals surface area contributed by atoms with Crippen molar-refractivity contribution in [1.82, 2.24) is 15.1 Å². The Morgan fingerprint density at radius 1 is 1.59 bits per heavy atom. The third kappa shape index (κ3) is 4.79. The molecule has 0 aliphatic carbocycles. The van der Waals surface area contributed by atoms with E-state index in [9.17, 15) is 13.2 Å². The smallest absolute Gasteiger partial charge is 0.235 e. The Hall–Kier alpha value is -1.45. The Balaban J connectivity index is 1.96. The molecule has 8 nitrogen and oxygen atoms in total. The van der Waals surface area contributed by atoms with Crippen molar-refractivity contribution in [3.8, 4) is 0 Å². The topological polar surface area (TPSA) is 99.5 Å². The molecule has 2 heterocycles. The molecule has 1 N–H and O–H groups in total. The van der Waals surface area contributed by atoms with Gasteiger partial charge < -0.3 is 14.8 Å². The van der Waals surface area contributed by atoms with Crippen LogP contribution < -0.4 is 5.32 Å². The van der Waals surface area contributed by atoms with E-state index >= 15 is 0 Å². The lowest BCUT2D eigenvalue weighted by atomic mass is 10.1. The standard InChI is InChI=1S/C13H21N3O5S/c1-20-6-4-16-8-10-3-5-21-11(13(10)15-16)7-14-12(17)9-22(2,18)19/h8,11H,3-7,9H2,1-2H3,(H,14,17)/t11-/m0/s1. The number of carbonyl (C=O) groups is 1. The van der Waals surface area contributed by atoms with Crippen LogP contribution in [0.15, 0.2) is 6.20 Å². The lowest BCUT2D eigenvalue weighted by Crippen LogP contribution is -2.35. The van der Waals surface area contributed by atoms with Crippen LogP contribution in [0.25, 0.3) is 0 Å². The molecule has 0 spiro atoms. The summed E-state index contributed by atoms with van der Waals surface area (Å²) >= 11 is 0. The van der Waals surface area contributed by atoms with Crippen molar-refractivity contribution >= 4 is 15.7 Å². The summed E-state index contributed by atoms with van der Waals surface area (Å²) in [6.45, 7) is 1.98. The number of hydrogen-bond acceptors (Lipinski definition) is 6. The normalized spacial score (nSPS) is 18.0. The minimum Gasteiger partial charge on any atom is -0.383 e. The number of nitrogens with one attached hydrogen (secondary N) is 1. The fourth-order valence-corrected chi connectivity index (χ4v) is 2.86. The summed E-state index contributed by atoms with van der Waals surface area (Å²) in [5, 5.41) is 7.05. The maximum absolute atomic E-state index is 11.6. The van der Waals surface area contributed by atoms with Crippen LogP contribution in [0.4, 0.5) is 0 Å².